The maximum Gasteiger partial charge on any atom is 0.288 e. The Morgan fingerprint density at radius 3 is 2.95 bits per heavy atom. The fourth-order valence-electron chi connectivity index (χ4n) is 2.46. The summed E-state index contributed by atoms with van der Waals surface area (Å²) in [4.78, 5) is 22.0. The molecule has 0 saturated carbocycles. The van der Waals surface area contributed by atoms with Gasteiger partial charge in [0.1, 0.15) is 5.02 Å². The number of rotatable bonds is 5. The molecule has 1 aromatic carbocycles. The highest BCUT2D eigenvalue weighted by atomic mass is 35.5. The molecular formula is C14H18ClN3O3. The third-order valence-electron chi connectivity index (χ3n) is 3.61. The van der Waals surface area contributed by atoms with Gasteiger partial charge in [0.05, 0.1) is 4.92 Å². The van der Waals surface area contributed by atoms with Crippen molar-refractivity contribution in [1.82, 2.24) is 5.32 Å². The molecule has 7 heteroatoms. The summed E-state index contributed by atoms with van der Waals surface area (Å²) in [5.41, 5.74) is 0.320. The Labute approximate surface area is 128 Å². The molecule has 1 heterocycles. The molecule has 0 aliphatic carbocycles. The third kappa shape index (κ3) is 4.68. The first-order valence-corrected chi connectivity index (χ1v) is 7.38. The lowest BCUT2D eigenvalue weighted by molar-refractivity contribution is -0.384. The second-order valence-electron chi connectivity index (χ2n) is 5.22. The predicted molar refractivity (Wildman–Crippen MR) is 81.6 cm³/mol. The number of piperidine rings is 1. The van der Waals surface area contributed by atoms with Crippen molar-refractivity contribution < 1.29 is 9.72 Å². The molecule has 0 bridgehead atoms. The number of nitrogens with one attached hydrogen (secondary N) is 2. The van der Waals surface area contributed by atoms with E-state index in [1.807, 2.05) is 0 Å². The van der Waals surface area contributed by atoms with Crippen molar-refractivity contribution in [1.29, 1.82) is 0 Å². The van der Waals surface area contributed by atoms with Gasteiger partial charge in [0.2, 0.25) is 5.91 Å². The number of hydrogen-bond donors (Lipinski definition) is 2. The molecule has 2 N–H and O–H groups in total. The van der Waals surface area contributed by atoms with Crippen LogP contribution in [0.3, 0.4) is 0 Å². The molecule has 0 radical (unpaired) electrons. The average molecular weight is 312 g/mol. The van der Waals surface area contributed by atoms with E-state index in [4.69, 9.17) is 11.6 Å². The zero-order chi connectivity index (χ0) is 15.2. The standard InChI is InChI=1S/C14H18ClN3O3/c15-12-8-11(4-5-13(12)18(20)21)17-14(19)6-3-10-2-1-7-16-9-10/h4-5,8,10,16H,1-3,6-7,9H2,(H,17,19). The van der Waals surface area contributed by atoms with Gasteiger partial charge < -0.3 is 10.6 Å². The number of halogens is 1. The maximum atomic E-state index is 11.9. The van der Waals surface area contributed by atoms with Crippen molar-refractivity contribution in [2.24, 2.45) is 5.92 Å². The highest BCUT2D eigenvalue weighted by molar-refractivity contribution is 6.33. The Hall–Kier alpha value is -1.66. The summed E-state index contributed by atoms with van der Waals surface area (Å²) in [5, 5.41) is 16.7. The first kappa shape index (κ1) is 15.7. The molecule has 1 aromatic rings. The minimum Gasteiger partial charge on any atom is -0.326 e. The Balaban J connectivity index is 1.84. The molecule has 1 atom stereocenters. The number of nitro groups is 1. The first-order valence-electron chi connectivity index (χ1n) is 7.01. The van der Waals surface area contributed by atoms with Crippen LogP contribution >= 0.6 is 11.6 Å². The van der Waals surface area contributed by atoms with E-state index in [0.29, 0.717) is 18.0 Å². The number of hydrogen-bond acceptors (Lipinski definition) is 4. The lowest BCUT2D eigenvalue weighted by Crippen LogP contribution is -2.30. The molecule has 6 nitrogen and oxygen atoms in total. The molecule has 1 saturated heterocycles. The molecule has 1 aliphatic heterocycles. The largest absolute Gasteiger partial charge is 0.326 e. The number of nitro benzene ring substituents is 1. The SMILES string of the molecule is O=C(CCC1CCCNC1)Nc1ccc([N+](=O)[O-])c(Cl)c1. The van der Waals surface area contributed by atoms with Gasteiger partial charge in [-0.2, -0.15) is 0 Å². The molecule has 21 heavy (non-hydrogen) atoms. The van der Waals surface area contributed by atoms with Crippen molar-refractivity contribution in [3.63, 3.8) is 0 Å². The van der Waals surface area contributed by atoms with Crippen LogP contribution in [-0.2, 0) is 4.79 Å². The van der Waals surface area contributed by atoms with E-state index in [0.717, 1.165) is 32.4 Å². The monoisotopic (exact) mass is 311 g/mol. The van der Waals surface area contributed by atoms with E-state index in [9.17, 15) is 14.9 Å². The molecule has 2 rings (SSSR count). The van der Waals surface area contributed by atoms with E-state index in [2.05, 4.69) is 10.6 Å². The zero-order valence-electron chi connectivity index (χ0n) is 11.6. The quantitative estimate of drug-likeness (QED) is 0.646. The van der Waals surface area contributed by atoms with Crippen molar-refractivity contribution in [2.45, 2.75) is 25.7 Å². The summed E-state index contributed by atoms with van der Waals surface area (Å²) in [7, 11) is 0. The Kier molecular flexibility index (Phi) is 5.52. The number of nitrogens with zero attached hydrogens (tertiary/aromatic N) is 1. The van der Waals surface area contributed by atoms with Crippen LogP contribution in [0.2, 0.25) is 5.02 Å². The van der Waals surface area contributed by atoms with Crippen LogP contribution in [0.15, 0.2) is 18.2 Å². The predicted octanol–water partition coefficient (Wildman–Crippen LogP) is 2.97. The summed E-state index contributed by atoms with van der Waals surface area (Å²) in [6.45, 7) is 2.03. The molecule has 0 spiro atoms. The van der Waals surface area contributed by atoms with Crippen molar-refractivity contribution in [3.05, 3.63) is 33.3 Å². The van der Waals surface area contributed by atoms with Gasteiger partial charge in [-0.25, -0.2) is 0 Å². The molecule has 0 aromatic heterocycles. The summed E-state index contributed by atoms with van der Waals surface area (Å²) in [6, 6.07) is 4.19. The smallest absolute Gasteiger partial charge is 0.288 e. The van der Waals surface area contributed by atoms with Gasteiger partial charge in [-0.1, -0.05) is 11.6 Å². The number of carbonyl (C=O) groups is 1. The van der Waals surface area contributed by atoms with E-state index < -0.39 is 4.92 Å². The number of amides is 1. The van der Waals surface area contributed by atoms with Crippen molar-refractivity contribution in [2.75, 3.05) is 18.4 Å². The van der Waals surface area contributed by atoms with E-state index in [1.165, 1.54) is 18.2 Å². The van der Waals surface area contributed by atoms with Crippen molar-refractivity contribution in [3.8, 4) is 0 Å². The Morgan fingerprint density at radius 1 is 1.52 bits per heavy atom. The normalized spacial score (nSPS) is 18.2. The van der Waals surface area contributed by atoms with Gasteiger partial charge in [-0.3, -0.25) is 14.9 Å². The van der Waals surface area contributed by atoms with Gasteiger partial charge >= 0.3 is 0 Å². The second-order valence-corrected chi connectivity index (χ2v) is 5.63. The minimum absolute atomic E-state index is 0.0225. The fraction of sp³-hybridized carbons (Fsp3) is 0.500. The fourth-order valence-corrected chi connectivity index (χ4v) is 2.71. The van der Waals surface area contributed by atoms with Gasteiger partial charge in [-0.15, -0.1) is 0 Å². The molecule has 1 amide bonds. The Bertz CT molecular complexity index is 530. The van der Waals surface area contributed by atoms with Gasteiger partial charge in [0.25, 0.3) is 5.69 Å². The topological polar surface area (TPSA) is 84.3 Å². The zero-order valence-corrected chi connectivity index (χ0v) is 12.4. The van der Waals surface area contributed by atoms with Crippen LogP contribution in [0.25, 0.3) is 0 Å². The van der Waals surface area contributed by atoms with Crippen LogP contribution in [0.5, 0.6) is 0 Å². The summed E-state index contributed by atoms with van der Waals surface area (Å²) < 4.78 is 0. The summed E-state index contributed by atoms with van der Waals surface area (Å²) in [5.74, 6) is 0.454. The van der Waals surface area contributed by atoms with E-state index in [-0.39, 0.29) is 16.6 Å². The van der Waals surface area contributed by atoms with Gasteiger partial charge in [0, 0.05) is 18.2 Å². The highest BCUT2D eigenvalue weighted by Gasteiger charge is 2.16. The number of carbonyl (C=O) groups excluding carboxylic acids is 1. The molecular weight excluding hydrogens is 294 g/mol. The van der Waals surface area contributed by atoms with Gasteiger partial charge in [0.15, 0.2) is 0 Å². The molecule has 1 aliphatic rings. The minimum atomic E-state index is -0.552. The summed E-state index contributed by atoms with van der Waals surface area (Å²) >= 11 is 5.81. The average Bonchev–Trinajstić information content (AvgIpc) is 2.46. The van der Waals surface area contributed by atoms with Crippen LogP contribution in [0.1, 0.15) is 25.7 Å². The lowest BCUT2D eigenvalue weighted by Gasteiger charge is -2.22. The first-order chi connectivity index (χ1) is 10.1. The third-order valence-corrected chi connectivity index (χ3v) is 3.91. The maximum absolute atomic E-state index is 11.9. The highest BCUT2D eigenvalue weighted by Crippen LogP contribution is 2.27. The Morgan fingerprint density at radius 2 is 2.33 bits per heavy atom. The molecule has 1 unspecified atom stereocenters. The second kappa shape index (κ2) is 7.38. The van der Waals surface area contributed by atoms with Crippen molar-refractivity contribution >= 4 is 28.9 Å². The molecule has 1 fully saturated rings. The summed E-state index contributed by atoms with van der Waals surface area (Å²) in [6.07, 6.45) is 3.61. The number of anilines is 1. The number of benzene rings is 1. The van der Waals surface area contributed by atoms with Gasteiger partial charge in [-0.05, 0) is 50.4 Å². The van der Waals surface area contributed by atoms with Crippen LogP contribution in [0.4, 0.5) is 11.4 Å². The van der Waals surface area contributed by atoms with Crippen LogP contribution in [-0.4, -0.2) is 23.9 Å². The van der Waals surface area contributed by atoms with Crippen LogP contribution < -0.4 is 10.6 Å². The van der Waals surface area contributed by atoms with E-state index >= 15 is 0 Å². The van der Waals surface area contributed by atoms with Crippen LogP contribution in [0, 0.1) is 16.0 Å². The van der Waals surface area contributed by atoms with E-state index in [1.54, 1.807) is 0 Å². The molecule has 114 valence electrons. The lowest BCUT2D eigenvalue weighted by atomic mass is 9.94.